The molecule has 1 amide bonds. The Balaban J connectivity index is 2.21. The standard InChI is InChI=1S/C19H30N2O6/c1-5-7-8-9-12(3)14(23)19-16(25)27-17(19,4)18(20,15(24)21-19)10-11-26-13(22)6-2/h5,12,14,23H,1,6-11,20H2,2-4H3,(H,21,24)/t12-,14?,17+,18-,19+/m1/s1. The third-order valence-electron chi connectivity index (χ3n) is 6.04. The van der Waals surface area contributed by atoms with Crippen molar-refractivity contribution in [2.45, 2.75) is 75.7 Å². The highest BCUT2D eigenvalue weighted by molar-refractivity contribution is 6.05. The highest BCUT2D eigenvalue weighted by Crippen LogP contribution is 2.53. The number of amides is 1. The molecule has 2 heterocycles. The number of esters is 2. The van der Waals surface area contributed by atoms with Crippen molar-refractivity contribution < 1.29 is 29.0 Å². The van der Waals surface area contributed by atoms with Gasteiger partial charge in [0.25, 0.3) is 0 Å². The summed E-state index contributed by atoms with van der Waals surface area (Å²) < 4.78 is 10.4. The Hall–Kier alpha value is -1.93. The van der Waals surface area contributed by atoms with Gasteiger partial charge in [-0.3, -0.25) is 9.59 Å². The van der Waals surface area contributed by atoms with Crippen LogP contribution in [0, 0.1) is 5.92 Å². The molecule has 2 fully saturated rings. The molecule has 0 aromatic heterocycles. The van der Waals surface area contributed by atoms with Gasteiger partial charge in [-0.05, 0) is 32.1 Å². The number of rotatable bonds is 10. The van der Waals surface area contributed by atoms with E-state index in [0.29, 0.717) is 6.42 Å². The summed E-state index contributed by atoms with van der Waals surface area (Å²) in [5.41, 5.74) is 1.72. The number of fused-ring (bicyclic) bond motifs is 1. The number of carbonyl (C=O) groups excluding carboxylic acids is 3. The Bertz CT molecular complexity index is 638. The van der Waals surface area contributed by atoms with E-state index < -0.39 is 40.6 Å². The highest BCUT2D eigenvalue weighted by Gasteiger charge is 2.84. The quantitative estimate of drug-likeness (QED) is 0.286. The van der Waals surface area contributed by atoms with E-state index in [2.05, 4.69) is 11.9 Å². The molecule has 2 aliphatic rings. The molecular weight excluding hydrogens is 352 g/mol. The average molecular weight is 382 g/mol. The number of nitrogens with two attached hydrogens (primary N) is 1. The van der Waals surface area contributed by atoms with Crippen LogP contribution < -0.4 is 11.1 Å². The molecule has 8 nitrogen and oxygen atoms in total. The molecule has 0 spiro atoms. The number of nitrogens with one attached hydrogen (secondary N) is 1. The lowest BCUT2D eigenvalue weighted by molar-refractivity contribution is -0.242. The fourth-order valence-corrected chi connectivity index (χ4v) is 4.04. The maximum atomic E-state index is 12.7. The number of allylic oxidation sites excluding steroid dienone is 1. The van der Waals surface area contributed by atoms with Crippen LogP contribution in [-0.2, 0) is 23.9 Å². The number of aliphatic hydroxyl groups is 1. The minimum atomic E-state index is -1.60. The molecule has 1 unspecified atom stereocenters. The molecule has 0 aliphatic carbocycles. The van der Waals surface area contributed by atoms with Crippen LogP contribution in [0.4, 0.5) is 0 Å². The molecule has 2 aliphatic heterocycles. The third-order valence-corrected chi connectivity index (χ3v) is 6.04. The van der Waals surface area contributed by atoms with Crippen LogP contribution in [0.2, 0.25) is 0 Å². The fourth-order valence-electron chi connectivity index (χ4n) is 4.04. The van der Waals surface area contributed by atoms with Crippen molar-refractivity contribution >= 4 is 17.8 Å². The molecule has 0 aromatic rings. The summed E-state index contributed by atoms with van der Waals surface area (Å²) in [5, 5.41) is 13.6. The smallest absolute Gasteiger partial charge is 0.339 e. The van der Waals surface area contributed by atoms with Gasteiger partial charge in [0.1, 0.15) is 5.54 Å². The fraction of sp³-hybridized carbons (Fsp3) is 0.737. The van der Waals surface area contributed by atoms with Gasteiger partial charge in [0, 0.05) is 12.8 Å². The predicted molar refractivity (Wildman–Crippen MR) is 97.4 cm³/mol. The minimum absolute atomic E-state index is 0.0202. The Labute approximate surface area is 159 Å². The molecule has 8 heteroatoms. The van der Waals surface area contributed by atoms with Crippen molar-refractivity contribution in [3.8, 4) is 0 Å². The molecule has 2 saturated heterocycles. The Morgan fingerprint density at radius 3 is 2.70 bits per heavy atom. The van der Waals surface area contributed by atoms with E-state index in [9.17, 15) is 19.5 Å². The minimum Gasteiger partial charge on any atom is -0.466 e. The molecule has 0 saturated carbocycles. The number of carbonyl (C=O) groups is 3. The van der Waals surface area contributed by atoms with Gasteiger partial charge in [0.05, 0.1) is 12.7 Å². The van der Waals surface area contributed by atoms with Crippen molar-refractivity contribution in [3.05, 3.63) is 12.7 Å². The number of hydrogen-bond acceptors (Lipinski definition) is 7. The number of unbranched alkanes of at least 4 members (excludes halogenated alkanes) is 1. The molecule has 27 heavy (non-hydrogen) atoms. The van der Waals surface area contributed by atoms with E-state index >= 15 is 0 Å². The average Bonchev–Trinajstić information content (AvgIpc) is 2.76. The second kappa shape index (κ2) is 7.59. The molecule has 2 rings (SSSR count). The molecule has 5 atom stereocenters. The van der Waals surface area contributed by atoms with Crippen LogP contribution in [0.3, 0.4) is 0 Å². The lowest BCUT2D eigenvalue weighted by Gasteiger charge is -2.56. The maximum absolute atomic E-state index is 12.7. The van der Waals surface area contributed by atoms with Gasteiger partial charge in [0.15, 0.2) is 5.60 Å². The molecule has 0 aromatic carbocycles. The lowest BCUT2D eigenvalue weighted by atomic mass is 9.62. The Morgan fingerprint density at radius 1 is 1.48 bits per heavy atom. The van der Waals surface area contributed by atoms with Gasteiger partial charge >= 0.3 is 11.9 Å². The third kappa shape index (κ3) is 3.04. The van der Waals surface area contributed by atoms with E-state index in [0.717, 1.165) is 12.8 Å². The second-order valence-electron chi connectivity index (χ2n) is 7.62. The van der Waals surface area contributed by atoms with Crippen molar-refractivity contribution in [3.63, 3.8) is 0 Å². The van der Waals surface area contributed by atoms with Crippen molar-refractivity contribution in [1.29, 1.82) is 0 Å². The van der Waals surface area contributed by atoms with Crippen molar-refractivity contribution in [2.24, 2.45) is 11.7 Å². The first-order valence-corrected chi connectivity index (χ1v) is 9.40. The van der Waals surface area contributed by atoms with E-state index in [4.69, 9.17) is 15.2 Å². The van der Waals surface area contributed by atoms with Crippen LogP contribution in [0.5, 0.6) is 0 Å². The molecular formula is C19H30N2O6. The number of aliphatic hydroxyl groups excluding tert-OH is 1. The zero-order chi connectivity index (χ0) is 20.5. The highest BCUT2D eigenvalue weighted by atomic mass is 16.6. The summed E-state index contributed by atoms with van der Waals surface area (Å²) in [6.45, 7) is 8.62. The Kier molecular flexibility index (Phi) is 6.01. The maximum Gasteiger partial charge on any atom is 0.339 e. The summed E-state index contributed by atoms with van der Waals surface area (Å²) in [6, 6.07) is 0. The van der Waals surface area contributed by atoms with Gasteiger partial charge < -0.3 is 25.6 Å². The first-order chi connectivity index (χ1) is 12.6. The first kappa shape index (κ1) is 21.4. The van der Waals surface area contributed by atoms with Crippen LogP contribution in [0.15, 0.2) is 12.7 Å². The van der Waals surface area contributed by atoms with E-state index in [-0.39, 0.29) is 25.4 Å². The van der Waals surface area contributed by atoms with Gasteiger partial charge in [-0.2, -0.15) is 0 Å². The van der Waals surface area contributed by atoms with Crippen molar-refractivity contribution in [2.75, 3.05) is 6.61 Å². The molecule has 0 radical (unpaired) electrons. The summed E-state index contributed by atoms with van der Waals surface area (Å²) in [4.78, 5) is 36.5. The summed E-state index contributed by atoms with van der Waals surface area (Å²) >= 11 is 0. The van der Waals surface area contributed by atoms with Crippen LogP contribution in [0.25, 0.3) is 0 Å². The molecule has 0 bridgehead atoms. The molecule has 4 N–H and O–H groups in total. The normalized spacial score (nSPS) is 34.0. The predicted octanol–water partition coefficient (Wildman–Crippen LogP) is 0.565. The molecule has 152 valence electrons. The van der Waals surface area contributed by atoms with Crippen LogP contribution in [0.1, 0.15) is 52.9 Å². The van der Waals surface area contributed by atoms with E-state index in [1.165, 1.54) is 0 Å². The monoisotopic (exact) mass is 382 g/mol. The van der Waals surface area contributed by atoms with Crippen LogP contribution >= 0.6 is 0 Å². The van der Waals surface area contributed by atoms with Gasteiger partial charge in [-0.15, -0.1) is 6.58 Å². The Morgan fingerprint density at radius 2 is 2.15 bits per heavy atom. The van der Waals surface area contributed by atoms with E-state index in [1.807, 2.05) is 6.92 Å². The topological polar surface area (TPSA) is 128 Å². The second-order valence-corrected chi connectivity index (χ2v) is 7.62. The summed E-state index contributed by atoms with van der Waals surface area (Å²) in [5.74, 6) is -1.97. The van der Waals surface area contributed by atoms with Gasteiger partial charge in [-0.1, -0.05) is 19.9 Å². The largest absolute Gasteiger partial charge is 0.466 e. The van der Waals surface area contributed by atoms with Crippen molar-refractivity contribution in [1.82, 2.24) is 5.32 Å². The SMILES string of the molecule is C=CCCC[C@@H](C)C(O)[C@@]12NC(=O)[C@](N)(CCOC(=O)CC)[C@]1(C)OC2=O. The van der Waals surface area contributed by atoms with Crippen LogP contribution in [-0.4, -0.2) is 52.3 Å². The number of ether oxygens (including phenoxy) is 2. The number of hydrogen-bond donors (Lipinski definition) is 3. The van der Waals surface area contributed by atoms with E-state index in [1.54, 1.807) is 19.9 Å². The zero-order valence-corrected chi connectivity index (χ0v) is 16.2. The van der Waals surface area contributed by atoms with Gasteiger partial charge in [-0.25, -0.2) is 4.79 Å². The first-order valence-electron chi connectivity index (χ1n) is 9.40. The lowest BCUT2D eigenvalue weighted by Crippen LogP contribution is -2.83. The summed E-state index contributed by atoms with van der Waals surface area (Å²) in [7, 11) is 0. The summed E-state index contributed by atoms with van der Waals surface area (Å²) in [6.07, 6.45) is 3.08. The van der Waals surface area contributed by atoms with Gasteiger partial charge in [0.2, 0.25) is 11.4 Å². The zero-order valence-electron chi connectivity index (χ0n) is 16.2.